The normalized spacial score (nSPS) is 21.4. The van der Waals surface area contributed by atoms with Gasteiger partial charge in [0.2, 0.25) is 10.0 Å². The molecule has 0 aromatic heterocycles. The fraction of sp³-hybridized carbons (Fsp3) is 0.875. The van der Waals surface area contributed by atoms with Crippen LogP contribution in [0.2, 0.25) is 0 Å². The van der Waals surface area contributed by atoms with Crippen LogP contribution in [-0.4, -0.2) is 86.3 Å². The van der Waals surface area contributed by atoms with Crippen LogP contribution in [0.5, 0.6) is 0 Å². The Balaban J connectivity index is 1.77. The van der Waals surface area contributed by atoms with E-state index in [9.17, 15) is 13.2 Å². The molecule has 2 rings (SSSR count). The second kappa shape index (κ2) is 8.43. The molecule has 0 bridgehead atoms. The summed E-state index contributed by atoms with van der Waals surface area (Å²) in [7, 11) is -3.08. The van der Waals surface area contributed by atoms with E-state index in [4.69, 9.17) is 4.74 Å². The van der Waals surface area contributed by atoms with E-state index in [-0.39, 0.29) is 17.9 Å². The number of ether oxygens (including phenoxy) is 1. The molecule has 150 valence electrons. The molecule has 0 spiro atoms. The van der Waals surface area contributed by atoms with Gasteiger partial charge in [0, 0.05) is 32.7 Å². The molecule has 0 aliphatic carbocycles. The van der Waals surface area contributed by atoms with Crippen LogP contribution in [0.4, 0.5) is 4.79 Å². The van der Waals surface area contributed by atoms with Gasteiger partial charge in [-0.05, 0) is 34.1 Å². The number of sulfonamides is 1. The number of amides is 1. The van der Waals surface area contributed by atoms with E-state index in [0.29, 0.717) is 51.6 Å². The van der Waals surface area contributed by atoms with Crippen molar-refractivity contribution in [3.05, 3.63) is 0 Å². The van der Waals surface area contributed by atoms with Crippen LogP contribution in [0.1, 0.15) is 34.1 Å². The minimum absolute atomic E-state index is 0.107. The van der Waals surface area contributed by atoms with Crippen LogP contribution >= 0.6 is 0 Å². The topological polar surface area (TPSA) is 103 Å². The molecule has 2 fully saturated rings. The van der Waals surface area contributed by atoms with Gasteiger partial charge >= 0.3 is 6.09 Å². The second-order valence-electron chi connectivity index (χ2n) is 7.56. The molecule has 0 aromatic rings. The van der Waals surface area contributed by atoms with Crippen molar-refractivity contribution in [2.24, 2.45) is 4.99 Å². The molecule has 0 unspecified atom stereocenters. The van der Waals surface area contributed by atoms with Crippen LogP contribution in [-0.2, 0) is 14.8 Å². The number of nitrogens with zero attached hydrogens (tertiary/aromatic N) is 3. The summed E-state index contributed by atoms with van der Waals surface area (Å²) >= 11 is 0. The smallest absolute Gasteiger partial charge is 0.410 e. The van der Waals surface area contributed by atoms with Gasteiger partial charge in [0.05, 0.1) is 18.3 Å². The molecule has 2 heterocycles. The number of carbonyl (C=O) groups excluding carboxylic acids is 1. The lowest BCUT2D eigenvalue weighted by Crippen LogP contribution is -2.63. The average Bonchev–Trinajstić information content (AvgIpc) is 2.79. The maximum Gasteiger partial charge on any atom is 0.410 e. The summed E-state index contributed by atoms with van der Waals surface area (Å²) in [6.45, 7) is 10.7. The van der Waals surface area contributed by atoms with Gasteiger partial charge in [-0.15, -0.1) is 0 Å². The van der Waals surface area contributed by atoms with E-state index in [1.54, 1.807) is 4.90 Å². The zero-order chi connectivity index (χ0) is 19.4. The summed E-state index contributed by atoms with van der Waals surface area (Å²) in [4.78, 5) is 18.0. The summed E-state index contributed by atoms with van der Waals surface area (Å²) < 4.78 is 30.4. The van der Waals surface area contributed by atoms with Crippen LogP contribution in [0.3, 0.4) is 0 Å². The number of carbonyl (C=O) groups is 1. The summed E-state index contributed by atoms with van der Waals surface area (Å²) in [5, 5.41) is 6.42. The number of aliphatic imine (C=N–C) groups is 1. The highest BCUT2D eigenvalue weighted by Crippen LogP contribution is 2.15. The molecule has 2 aliphatic rings. The molecule has 2 saturated heterocycles. The summed E-state index contributed by atoms with van der Waals surface area (Å²) in [6, 6.07) is 0.107. The van der Waals surface area contributed by atoms with Crippen molar-refractivity contribution in [3.63, 3.8) is 0 Å². The third-order valence-electron chi connectivity index (χ3n) is 4.04. The van der Waals surface area contributed by atoms with E-state index < -0.39 is 15.6 Å². The van der Waals surface area contributed by atoms with Gasteiger partial charge in [-0.2, -0.15) is 0 Å². The Labute approximate surface area is 156 Å². The lowest BCUT2D eigenvalue weighted by molar-refractivity contribution is 0.00700. The van der Waals surface area contributed by atoms with E-state index in [0.717, 1.165) is 0 Å². The van der Waals surface area contributed by atoms with Crippen molar-refractivity contribution in [1.82, 2.24) is 19.8 Å². The fourth-order valence-electron chi connectivity index (χ4n) is 2.77. The molecular formula is C16H31N5O4S. The third kappa shape index (κ3) is 6.01. The Morgan fingerprint density at radius 3 is 2.54 bits per heavy atom. The first-order valence-corrected chi connectivity index (χ1v) is 10.7. The van der Waals surface area contributed by atoms with E-state index >= 15 is 0 Å². The summed E-state index contributed by atoms with van der Waals surface area (Å²) in [5.74, 6) is 0.871. The van der Waals surface area contributed by atoms with Gasteiger partial charge in [0.25, 0.3) is 0 Å². The number of hydrogen-bond acceptors (Lipinski definition) is 5. The van der Waals surface area contributed by atoms with E-state index in [1.165, 1.54) is 4.31 Å². The third-order valence-corrected chi connectivity index (χ3v) is 6.00. The SMILES string of the molecule is CCNC(=NCCN1CCCS1(=O)=O)NC1CN(C(=O)OC(C)(C)C)C1. The maximum absolute atomic E-state index is 11.9. The minimum atomic E-state index is -3.08. The standard InChI is InChI=1S/C16H31N5O4S/c1-5-17-14(18-7-9-21-8-6-10-26(21,23)24)19-13-11-20(12-13)15(22)25-16(2,3)4/h13H,5-12H2,1-4H3,(H2,17,18,19). The maximum atomic E-state index is 11.9. The van der Waals surface area contributed by atoms with Crippen LogP contribution in [0.25, 0.3) is 0 Å². The van der Waals surface area contributed by atoms with Crippen LogP contribution < -0.4 is 10.6 Å². The van der Waals surface area contributed by atoms with Gasteiger partial charge in [-0.1, -0.05) is 0 Å². The molecule has 2 N–H and O–H groups in total. The molecule has 9 nitrogen and oxygen atoms in total. The Bertz CT molecular complexity index is 623. The molecule has 10 heteroatoms. The van der Waals surface area contributed by atoms with Gasteiger partial charge in [-0.25, -0.2) is 17.5 Å². The highest BCUT2D eigenvalue weighted by molar-refractivity contribution is 7.89. The molecule has 26 heavy (non-hydrogen) atoms. The molecule has 0 atom stereocenters. The predicted octanol–water partition coefficient (Wildman–Crippen LogP) is 0.196. The van der Waals surface area contributed by atoms with E-state index in [2.05, 4.69) is 15.6 Å². The molecule has 2 aliphatic heterocycles. The number of rotatable bonds is 5. The summed E-state index contributed by atoms with van der Waals surface area (Å²) in [6.07, 6.45) is 0.379. The van der Waals surface area contributed by atoms with Gasteiger partial charge in [0.15, 0.2) is 5.96 Å². The number of likely N-dealkylation sites (tertiary alicyclic amines) is 1. The van der Waals surface area contributed by atoms with Crippen LogP contribution in [0, 0.1) is 0 Å². The van der Waals surface area contributed by atoms with Crippen molar-refractivity contribution in [2.75, 3.05) is 45.0 Å². The first kappa shape index (κ1) is 20.8. The Morgan fingerprint density at radius 1 is 1.31 bits per heavy atom. The van der Waals surface area contributed by atoms with Crippen molar-refractivity contribution in [1.29, 1.82) is 0 Å². The number of hydrogen-bond donors (Lipinski definition) is 2. The van der Waals surface area contributed by atoms with Crippen molar-refractivity contribution in [3.8, 4) is 0 Å². The van der Waals surface area contributed by atoms with Gasteiger partial charge in [0.1, 0.15) is 5.60 Å². The average molecular weight is 390 g/mol. The Hall–Kier alpha value is -1.55. The lowest BCUT2D eigenvalue weighted by Gasteiger charge is -2.40. The molecule has 1 amide bonds. The fourth-order valence-corrected chi connectivity index (χ4v) is 4.29. The first-order valence-electron chi connectivity index (χ1n) is 9.11. The highest BCUT2D eigenvalue weighted by Gasteiger charge is 2.34. The Kier molecular flexibility index (Phi) is 6.73. The zero-order valence-electron chi connectivity index (χ0n) is 16.1. The van der Waals surface area contributed by atoms with Crippen molar-refractivity contribution < 1.29 is 17.9 Å². The second-order valence-corrected chi connectivity index (χ2v) is 9.64. The van der Waals surface area contributed by atoms with Crippen molar-refractivity contribution >= 4 is 22.1 Å². The monoisotopic (exact) mass is 389 g/mol. The zero-order valence-corrected chi connectivity index (χ0v) is 16.9. The first-order chi connectivity index (χ1) is 12.1. The number of guanidine groups is 1. The lowest BCUT2D eigenvalue weighted by atomic mass is 10.1. The number of nitrogens with one attached hydrogen (secondary N) is 2. The summed E-state index contributed by atoms with van der Waals surface area (Å²) in [5.41, 5.74) is -0.498. The van der Waals surface area contributed by atoms with Gasteiger partial charge in [-0.3, -0.25) is 4.99 Å². The highest BCUT2D eigenvalue weighted by atomic mass is 32.2. The quantitative estimate of drug-likeness (QED) is 0.514. The predicted molar refractivity (Wildman–Crippen MR) is 101 cm³/mol. The van der Waals surface area contributed by atoms with E-state index in [1.807, 2.05) is 27.7 Å². The van der Waals surface area contributed by atoms with Gasteiger partial charge < -0.3 is 20.3 Å². The largest absolute Gasteiger partial charge is 0.444 e. The van der Waals surface area contributed by atoms with Crippen molar-refractivity contribution in [2.45, 2.75) is 45.8 Å². The Morgan fingerprint density at radius 2 is 2.00 bits per heavy atom. The molecular weight excluding hydrogens is 358 g/mol. The minimum Gasteiger partial charge on any atom is -0.444 e. The molecule has 0 radical (unpaired) electrons. The molecule has 0 aromatic carbocycles. The molecule has 0 saturated carbocycles. The van der Waals surface area contributed by atoms with Crippen LogP contribution in [0.15, 0.2) is 4.99 Å².